The van der Waals surface area contributed by atoms with Gasteiger partial charge in [-0.25, -0.2) is 0 Å². The van der Waals surface area contributed by atoms with E-state index in [1.165, 1.54) is 0 Å². The first-order chi connectivity index (χ1) is 17.0. The summed E-state index contributed by atoms with van der Waals surface area (Å²) in [5.41, 5.74) is 3.26. The van der Waals surface area contributed by atoms with Crippen LogP contribution in [-0.4, -0.2) is 53.8 Å². The molecule has 0 bridgehead atoms. The zero-order chi connectivity index (χ0) is 24.8. The van der Waals surface area contributed by atoms with Gasteiger partial charge in [0.2, 0.25) is 11.8 Å². The number of likely N-dealkylation sites (tertiary alicyclic amines) is 2. The van der Waals surface area contributed by atoms with E-state index in [2.05, 4.69) is 25.1 Å². The maximum Gasteiger partial charge on any atom is 0.310 e. The fourth-order valence-corrected chi connectivity index (χ4v) is 5.43. The first kappa shape index (κ1) is 25.0. The molecule has 0 aromatic heterocycles. The molecular weight excluding hydrogens is 440 g/mol. The average Bonchev–Trinajstić information content (AvgIpc) is 2.88. The summed E-state index contributed by atoms with van der Waals surface area (Å²) in [6.07, 6.45) is 3.34. The number of amides is 2. The third-order valence-corrected chi connectivity index (χ3v) is 7.23. The number of nitrogens with zero attached hydrogens (tertiary/aromatic N) is 2. The van der Waals surface area contributed by atoms with Gasteiger partial charge in [-0.2, -0.15) is 0 Å². The number of benzene rings is 2. The van der Waals surface area contributed by atoms with Crippen molar-refractivity contribution in [3.8, 4) is 0 Å². The smallest absolute Gasteiger partial charge is 0.310 e. The van der Waals surface area contributed by atoms with E-state index >= 15 is 0 Å². The van der Waals surface area contributed by atoms with Gasteiger partial charge < -0.3 is 14.5 Å². The molecule has 2 fully saturated rings. The van der Waals surface area contributed by atoms with Gasteiger partial charge in [0.15, 0.2) is 0 Å². The lowest BCUT2D eigenvalue weighted by Crippen LogP contribution is -2.51. The predicted octanol–water partition coefficient (Wildman–Crippen LogP) is 4.32. The van der Waals surface area contributed by atoms with Gasteiger partial charge in [-0.05, 0) is 50.7 Å². The topological polar surface area (TPSA) is 66.9 Å². The molecule has 4 rings (SSSR count). The Bertz CT molecular complexity index is 1040. The normalized spacial score (nSPS) is 22.5. The summed E-state index contributed by atoms with van der Waals surface area (Å²) in [5, 5.41) is 0. The number of carbonyl (C=O) groups is 3. The Kier molecular flexibility index (Phi) is 8.21. The van der Waals surface area contributed by atoms with Crippen LogP contribution in [-0.2, 0) is 25.5 Å². The number of hydrogen-bond acceptors (Lipinski definition) is 4. The van der Waals surface area contributed by atoms with Gasteiger partial charge in [-0.1, -0.05) is 60.2 Å². The van der Waals surface area contributed by atoms with Gasteiger partial charge in [-0.15, -0.1) is 0 Å². The molecule has 2 saturated heterocycles. The molecule has 2 aromatic rings. The van der Waals surface area contributed by atoms with Gasteiger partial charge >= 0.3 is 5.97 Å². The maximum atomic E-state index is 13.5. The molecular formula is C29H36N2O4. The second-order valence-electron chi connectivity index (χ2n) is 9.79. The van der Waals surface area contributed by atoms with Crippen LogP contribution >= 0.6 is 0 Å². The molecule has 3 atom stereocenters. The Labute approximate surface area is 208 Å². The largest absolute Gasteiger partial charge is 0.466 e. The Morgan fingerprint density at radius 3 is 2.49 bits per heavy atom. The highest BCUT2D eigenvalue weighted by Gasteiger charge is 2.39. The minimum absolute atomic E-state index is 0.0381. The summed E-state index contributed by atoms with van der Waals surface area (Å²) in [7, 11) is 0. The number of carbonyl (C=O) groups excluding carboxylic acids is 3. The van der Waals surface area contributed by atoms with Crippen LogP contribution in [0.5, 0.6) is 0 Å². The lowest BCUT2D eigenvalue weighted by atomic mass is 9.86. The van der Waals surface area contributed by atoms with E-state index < -0.39 is 0 Å². The van der Waals surface area contributed by atoms with E-state index in [1.54, 1.807) is 6.92 Å². The van der Waals surface area contributed by atoms with Crippen molar-refractivity contribution in [1.29, 1.82) is 0 Å². The molecule has 0 aliphatic carbocycles. The lowest BCUT2D eigenvalue weighted by molar-refractivity contribution is -0.152. The highest BCUT2D eigenvalue weighted by Crippen LogP contribution is 2.35. The summed E-state index contributed by atoms with van der Waals surface area (Å²) in [6, 6.07) is 18.0. The summed E-state index contributed by atoms with van der Waals surface area (Å²) in [4.78, 5) is 43.1. The SMILES string of the molecule is CCOC(=O)[C@@H]1CCCN(C(=O)[C@H]2CC[C@H](c3cccc(C)c3)N(C(=O)Cc3ccccc3)C2)C1. The number of rotatable bonds is 6. The quantitative estimate of drug-likeness (QED) is 0.583. The van der Waals surface area contributed by atoms with E-state index in [4.69, 9.17) is 4.74 Å². The van der Waals surface area contributed by atoms with Crippen molar-refractivity contribution in [3.05, 3.63) is 71.3 Å². The maximum absolute atomic E-state index is 13.5. The molecule has 6 heteroatoms. The van der Waals surface area contributed by atoms with Crippen LogP contribution in [0, 0.1) is 18.8 Å². The fourth-order valence-electron chi connectivity index (χ4n) is 5.43. The van der Waals surface area contributed by atoms with Crippen molar-refractivity contribution in [3.63, 3.8) is 0 Å². The van der Waals surface area contributed by atoms with Gasteiger partial charge in [0.05, 0.1) is 30.9 Å². The van der Waals surface area contributed by atoms with Crippen molar-refractivity contribution in [2.45, 2.75) is 52.0 Å². The summed E-state index contributed by atoms with van der Waals surface area (Å²) in [5.74, 6) is -0.626. The molecule has 0 spiro atoms. The highest BCUT2D eigenvalue weighted by molar-refractivity contribution is 5.83. The molecule has 0 unspecified atom stereocenters. The van der Waals surface area contributed by atoms with E-state index in [-0.39, 0.29) is 35.7 Å². The van der Waals surface area contributed by atoms with E-state index in [0.29, 0.717) is 32.7 Å². The van der Waals surface area contributed by atoms with Crippen LogP contribution in [0.3, 0.4) is 0 Å². The monoisotopic (exact) mass is 476 g/mol. The zero-order valence-corrected chi connectivity index (χ0v) is 20.8. The van der Waals surface area contributed by atoms with Crippen molar-refractivity contribution < 1.29 is 19.1 Å². The first-order valence-corrected chi connectivity index (χ1v) is 12.8. The zero-order valence-electron chi connectivity index (χ0n) is 20.8. The molecule has 2 aliphatic rings. The first-order valence-electron chi connectivity index (χ1n) is 12.8. The number of ether oxygens (including phenoxy) is 1. The molecule has 2 amide bonds. The van der Waals surface area contributed by atoms with Crippen LogP contribution in [0.1, 0.15) is 55.3 Å². The molecule has 0 saturated carbocycles. The molecule has 186 valence electrons. The third-order valence-electron chi connectivity index (χ3n) is 7.23. The summed E-state index contributed by atoms with van der Waals surface area (Å²) in [6.45, 7) is 5.69. The fraction of sp³-hybridized carbons (Fsp3) is 0.483. The molecule has 35 heavy (non-hydrogen) atoms. The van der Waals surface area contributed by atoms with Gasteiger partial charge in [-0.3, -0.25) is 14.4 Å². The minimum atomic E-state index is -0.257. The van der Waals surface area contributed by atoms with E-state index in [0.717, 1.165) is 42.4 Å². The third kappa shape index (κ3) is 6.11. The molecule has 6 nitrogen and oxygen atoms in total. The number of piperidine rings is 2. The lowest BCUT2D eigenvalue weighted by Gasteiger charge is -2.42. The van der Waals surface area contributed by atoms with Crippen molar-refractivity contribution in [2.75, 3.05) is 26.2 Å². The number of esters is 1. The minimum Gasteiger partial charge on any atom is -0.466 e. The Morgan fingerprint density at radius 1 is 0.943 bits per heavy atom. The Morgan fingerprint density at radius 2 is 1.74 bits per heavy atom. The molecule has 2 aliphatic heterocycles. The van der Waals surface area contributed by atoms with Crippen LogP contribution in [0.25, 0.3) is 0 Å². The molecule has 2 aromatic carbocycles. The molecule has 0 N–H and O–H groups in total. The summed E-state index contributed by atoms with van der Waals surface area (Å²) >= 11 is 0. The average molecular weight is 477 g/mol. The molecule has 0 radical (unpaired) electrons. The van der Waals surface area contributed by atoms with E-state index in [1.807, 2.05) is 46.2 Å². The van der Waals surface area contributed by atoms with E-state index in [9.17, 15) is 14.4 Å². The highest BCUT2D eigenvalue weighted by atomic mass is 16.5. The Balaban J connectivity index is 1.51. The van der Waals surface area contributed by atoms with Gasteiger partial charge in [0.25, 0.3) is 0 Å². The van der Waals surface area contributed by atoms with Crippen LogP contribution in [0.2, 0.25) is 0 Å². The molecule has 2 heterocycles. The predicted molar refractivity (Wildman–Crippen MR) is 134 cm³/mol. The van der Waals surface area contributed by atoms with Crippen LogP contribution < -0.4 is 0 Å². The van der Waals surface area contributed by atoms with Crippen LogP contribution in [0.4, 0.5) is 0 Å². The van der Waals surface area contributed by atoms with Gasteiger partial charge in [0.1, 0.15) is 0 Å². The van der Waals surface area contributed by atoms with Crippen molar-refractivity contribution >= 4 is 17.8 Å². The van der Waals surface area contributed by atoms with Gasteiger partial charge in [0, 0.05) is 19.6 Å². The Hall–Kier alpha value is -3.15. The second-order valence-corrected chi connectivity index (χ2v) is 9.79. The standard InChI is InChI=1S/C29H36N2O4/c1-3-35-29(34)25-13-8-16-30(19-25)28(33)24-14-15-26(23-12-7-9-21(2)17-23)31(20-24)27(32)18-22-10-5-4-6-11-22/h4-7,9-12,17,24-26H,3,8,13-16,18-20H2,1-2H3/t24-,25+,26+/m0/s1. The number of hydrogen-bond donors (Lipinski definition) is 0. The van der Waals surface area contributed by atoms with Crippen molar-refractivity contribution in [2.24, 2.45) is 11.8 Å². The summed E-state index contributed by atoms with van der Waals surface area (Å²) < 4.78 is 5.20. The second kappa shape index (κ2) is 11.5. The van der Waals surface area contributed by atoms with Crippen LogP contribution in [0.15, 0.2) is 54.6 Å². The number of aryl methyl sites for hydroxylation is 1. The van der Waals surface area contributed by atoms with Crippen molar-refractivity contribution in [1.82, 2.24) is 9.80 Å².